The van der Waals surface area contributed by atoms with Crippen LogP contribution in [0, 0.1) is 11.8 Å². The number of hydrogen-bond acceptors (Lipinski definition) is 4. The summed E-state index contributed by atoms with van der Waals surface area (Å²) in [7, 11) is 0. The normalized spacial score (nSPS) is 21.6. The van der Waals surface area contributed by atoms with Crippen LogP contribution in [-0.4, -0.2) is 25.2 Å². The first kappa shape index (κ1) is 18.0. The van der Waals surface area contributed by atoms with Gasteiger partial charge in [0.2, 0.25) is 0 Å². The number of allylic oxidation sites excluding steroid dienone is 2. The molecule has 120 valence electrons. The van der Waals surface area contributed by atoms with Gasteiger partial charge in [-0.1, -0.05) is 44.4 Å². The van der Waals surface area contributed by atoms with Crippen molar-refractivity contribution in [2.75, 3.05) is 13.2 Å². The Hall–Kier alpha value is -1.03. The molecule has 1 rings (SSSR count). The SMILES string of the molecule is CCCCOC(=O)C1CC=C(Cl)CC1C(=O)OCCCC. The molecule has 0 radical (unpaired) electrons. The van der Waals surface area contributed by atoms with E-state index in [9.17, 15) is 9.59 Å². The van der Waals surface area contributed by atoms with Gasteiger partial charge in [0.05, 0.1) is 25.0 Å². The van der Waals surface area contributed by atoms with Gasteiger partial charge >= 0.3 is 11.9 Å². The second-order valence-corrected chi connectivity index (χ2v) is 5.83. The first-order chi connectivity index (χ1) is 10.1. The zero-order valence-electron chi connectivity index (χ0n) is 12.9. The molecule has 0 N–H and O–H groups in total. The maximum Gasteiger partial charge on any atom is 0.310 e. The molecule has 0 spiro atoms. The highest BCUT2D eigenvalue weighted by molar-refractivity contribution is 6.29. The molecule has 0 bridgehead atoms. The van der Waals surface area contributed by atoms with E-state index in [-0.39, 0.29) is 11.9 Å². The number of halogens is 1. The van der Waals surface area contributed by atoms with Gasteiger partial charge in [0.25, 0.3) is 0 Å². The van der Waals surface area contributed by atoms with Crippen LogP contribution in [0.5, 0.6) is 0 Å². The van der Waals surface area contributed by atoms with E-state index in [0.29, 0.717) is 31.1 Å². The van der Waals surface area contributed by atoms with Crippen LogP contribution in [-0.2, 0) is 19.1 Å². The molecule has 2 atom stereocenters. The molecule has 0 amide bonds. The van der Waals surface area contributed by atoms with E-state index in [1.807, 2.05) is 13.8 Å². The quantitative estimate of drug-likeness (QED) is 0.504. The van der Waals surface area contributed by atoms with Crippen molar-refractivity contribution in [3.63, 3.8) is 0 Å². The first-order valence-corrected chi connectivity index (χ1v) is 8.15. The zero-order chi connectivity index (χ0) is 15.7. The molecule has 1 aliphatic carbocycles. The van der Waals surface area contributed by atoms with Gasteiger partial charge in [-0.05, 0) is 25.7 Å². The summed E-state index contributed by atoms with van der Waals surface area (Å²) < 4.78 is 10.5. The Morgan fingerprint density at radius 3 is 2.14 bits per heavy atom. The standard InChI is InChI=1S/C16H25ClO4/c1-3-5-9-20-15(18)13-8-7-12(17)11-14(13)16(19)21-10-6-4-2/h7,13-14H,3-6,8-11H2,1-2H3. The van der Waals surface area contributed by atoms with Gasteiger partial charge in [-0.2, -0.15) is 0 Å². The summed E-state index contributed by atoms with van der Waals surface area (Å²) in [5.74, 6) is -1.65. The van der Waals surface area contributed by atoms with Gasteiger partial charge < -0.3 is 9.47 Å². The smallest absolute Gasteiger partial charge is 0.310 e. The van der Waals surface area contributed by atoms with E-state index in [4.69, 9.17) is 21.1 Å². The monoisotopic (exact) mass is 316 g/mol. The predicted molar refractivity (Wildman–Crippen MR) is 81.9 cm³/mol. The minimum atomic E-state index is -0.520. The third kappa shape index (κ3) is 6.08. The van der Waals surface area contributed by atoms with Crippen molar-refractivity contribution in [1.29, 1.82) is 0 Å². The van der Waals surface area contributed by atoms with E-state index in [2.05, 4.69) is 0 Å². The number of hydrogen-bond donors (Lipinski definition) is 0. The summed E-state index contributed by atoms with van der Waals surface area (Å²) in [4.78, 5) is 24.3. The van der Waals surface area contributed by atoms with Gasteiger partial charge in [-0.25, -0.2) is 0 Å². The van der Waals surface area contributed by atoms with Crippen molar-refractivity contribution in [3.05, 3.63) is 11.1 Å². The molecule has 4 nitrogen and oxygen atoms in total. The molecule has 0 fully saturated rings. The van der Waals surface area contributed by atoms with E-state index in [1.165, 1.54) is 0 Å². The second kappa shape index (κ2) is 9.82. The summed E-state index contributed by atoms with van der Waals surface area (Å²) in [5, 5.41) is 0.616. The number of carbonyl (C=O) groups excluding carboxylic acids is 2. The molecule has 0 aromatic rings. The highest BCUT2D eigenvalue weighted by atomic mass is 35.5. The molecule has 0 heterocycles. The second-order valence-electron chi connectivity index (χ2n) is 5.35. The minimum absolute atomic E-state index is 0.318. The van der Waals surface area contributed by atoms with Gasteiger partial charge in [0, 0.05) is 5.03 Å². The Morgan fingerprint density at radius 2 is 1.62 bits per heavy atom. The lowest BCUT2D eigenvalue weighted by atomic mass is 9.83. The summed E-state index contributed by atoms with van der Waals surface area (Å²) in [6, 6.07) is 0. The Labute approximate surface area is 131 Å². The number of unbranched alkanes of at least 4 members (excludes halogenated alkanes) is 2. The van der Waals surface area contributed by atoms with Crippen molar-refractivity contribution >= 4 is 23.5 Å². The fourth-order valence-electron chi connectivity index (χ4n) is 2.21. The predicted octanol–water partition coefficient (Wildman–Crippen LogP) is 3.82. The largest absolute Gasteiger partial charge is 0.465 e. The highest BCUT2D eigenvalue weighted by Gasteiger charge is 2.38. The van der Waals surface area contributed by atoms with Gasteiger partial charge in [0.1, 0.15) is 0 Å². The molecule has 0 aliphatic heterocycles. The lowest BCUT2D eigenvalue weighted by Crippen LogP contribution is -2.34. The van der Waals surface area contributed by atoms with E-state index in [0.717, 1.165) is 25.7 Å². The van der Waals surface area contributed by atoms with Crippen LogP contribution in [0.15, 0.2) is 11.1 Å². The zero-order valence-corrected chi connectivity index (χ0v) is 13.7. The van der Waals surface area contributed by atoms with Crippen molar-refractivity contribution < 1.29 is 19.1 Å². The first-order valence-electron chi connectivity index (χ1n) is 7.77. The third-order valence-corrected chi connectivity index (χ3v) is 3.89. The van der Waals surface area contributed by atoms with Crippen LogP contribution in [0.3, 0.4) is 0 Å². The molecule has 1 aliphatic rings. The molecule has 2 unspecified atom stereocenters. The topological polar surface area (TPSA) is 52.6 Å². The van der Waals surface area contributed by atoms with Crippen LogP contribution in [0.25, 0.3) is 0 Å². The maximum atomic E-state index is 12.1. The Bertz CT molecular complexity index is 378. The van der Waals surface area contributed by atoms with Crippen molar-refractivity contribution in [2.45, 2.75) is 52.4 Å². The summed E-state index contributed by atoms with van der Waals surface area (Å²) in [6.45, 7) is 4.86. The third-order valence-electron chi connectivity index (χ3n) is 3.58. The summed E-state index contributed by atoms with van der Waals surface area (Å²) in [6.07, 6.45) is 6.18. The summed E-state index contributed by atoms with van der Waals surface area (Å²) in [5.41, 5.74) is 0. The van der Waals surface area contributed by atoms with Crippen LogP contribution >= 0.6 is 11.6 Å². The van der Waals surface area contributed by atoms with Crippen LogP contribution in [0.4, 0.5) is 0 Å². The molecular formula is C16H25ClO4. The Morgan fingerprint density at radius 1 is 1.10 bits per heavy atom. The lowest BCUT2D eigenvalue weighted by Gasteiger charge is -2.26. The molecular weight excluding hydrogens is 292 g/mol. The maximum absolute atomic E-state index is 12.1. The molecule has 5 heteroatoms. The number of ether oxygens (including phenoxy) is 2. The minimum Gasteiger partial charge on any atom is -0.465 e. The summed E-state index contributed by atoms with van der Waals surface area (Å²) >= 11 is 6.01. The van der Waals surface area contributed by atoms with Gasteiger partial charge in [-0.3, -0.25) is 9.59 Å². The highest BCUT2D eigenvalue weighted by Crippen LogP contribution is 2.33. The van der Waals surface area contributed by atoms with Gasteiger partial charge in [-0.15, -0.1) is 0 Å². The van der Waals surface area contributed by atoms with Crippen molar-refractivity contribution in [3.8, 4) is 0 Å². The lowest BCUT2D eigenvalue weighted by molar-refractivity contribution is -0.161. The van der Waals surface area contributed by atoms with Crippen LogP contribution in [0.2, 0.25) is 0 Å². The fraction of sp³-hybridized carbons (Fsp3) is 0.750. The van der Waals surface area contributed by atoms with E-state index in [1.54, 1.807) is 6.08 Å². The number of carbonyl (C=O) groups is 2. The molecule has 21 heavy (non-hydrogen) atoms. The number of esters is 2. The van der Waals surface area contributed by atoms with E-state index >= 15 is 0 Å². The van der Waals surface area contributed by atoms with Crippen molar-refractivity contribution in [1.82, 2.24) is 0 Å². The van der Waals surface area contributed by atoms with Crippen LogP contribution in [0.1, 0.15) is 52.4 Å². The average molecular weight is 317 g/mol. The number of rotatable bonds is 8. The Balaban J connectivity index is 2.61. The Kier molecular flexibility index (Phi) is 8.43. The van der Waals surface area contributed by atoms with Crippen LogP contribution < -0.4 is 0 Å². The molecule has 0 aromatic heterocycles. The van der Waals surface area contributed by atoms with Gasteiger partial charge in [0.15, 0.2) is 0 Å². The molecule has 0 saturated heterocycles. The molecule has 0 saturated carbocycles. The van der Waals surface area contributed by atoms with Crippen molar-refractivity contribution in [2.24, 2.45) is 11.8 Å². The molecule has 0 aromatic carbocycles. The average Bonchev–Trinajstić information content (AvgIpc) is 2.47. The van der Waals surface area contributed by atoms with E-state index < -0.39 is 11.8 Å². The fourth-order valence-corrected chi connectivity index (χ4v) is 2.47.